The van der Waals surface area contributed by atoms with E-state index in [1.165, 1.54) is 4.88 Å². The van der Waals surface area contributed by atoms with E-state index in [4.69, 9.17) is 4.74 Å². The second-order valence-electron chi connectivity index (χ2n) is 6.43. The third-order valence-corrected chi connectivity index (χ3v) is 5.15. The first-order valence-electron chi connectivity index (χ1n) is 9.09. The molecule has 1 aromatic carbocycles. The summed E-state index contributed by atoms with van der Waals surface area (Å²) in [6, 6.07) is 11.5. The molecule has 6 nitrogen and oxygen atoms in total. The van der Waals surface area contributed by atoms with Crippen LogP contribution < -0.4 is 15.4 Å². The fourth-order valence-electron chi connectivity index (χ4n) is 2.74. The van der Waals surface area contributed by atoms with E-state index in [2.05, 4.69) is 35.1 Å². The summed E-state index contributed by atoms with van der Waals surface area (Å²) in [5.74, 6) is 0.451. The van der Waals surface area contributed by atoms with Gasteiger partial charge in [-0.2, -0.15) is 0 Å². The number of methoxy groups -OCH3 is 1. The lowest BCUT2D eigenvalue weighted by molar-refractivity contribution is -0.121. The van der Waals surface area contributed by atoms with E-state index in [9.17, 15) is 9.59 Å². The van der Waals surface area contributed by atoms with Crippen LogP contribution in [0.3, 0.4) is 0 Å². The summed E-state index contributed by atoms with van der Waals surface area (Å²) >= 11 is 1.70. The molecule has 0 aliphatic carbocycles. The topological polar surface area (TPSA) is 70.7 Å². The molecule has 0 aliphatic rings. The molecule has 3 amide bonds. The third-order valence-electron chi connectivity index (χ3n) is 4.25. The number of carbonyl (C=O) groups excluding carboxylic acids is 2. The molecule has 1 atom stereocenters. The van der Waals surface area contributed by atoms with Crippen LogP contribution in [-0.4, -0.2) is 43.1 Å². The first-order valence-corrected chi connectivity index (χ1v) is 9.97. The van der Waals surface area contributed by atoms with Crippen molar-refractivity contribution in [1.29, 1.82) is 0 Å². The highest BCUT2D eigenvalue weighted by atomic mass is 32.1. The number of urea groups is 1. The summed E-state index contributed by atoms with van der Waals surface area (Å²) in [6.45, 7) is 6.66. The fraction of sp³-hybridized carbons (Fsp3) is 0.333. The zero-order valence-electron chi connectivity index (χ0n) is 16.3. The minimum atomic E-state index is -0.514. The zero-order chi connectivity index (χ0) is 20.4. The molecule has 0 saturated carbocycles. The first kappa shape index (κ1) is 21.7. The summed E-state index contributed by atoms with van der Waals surface area (Å²) in [6.07, 6.45) is 2.40. The van der Waals surface area contributed by atoms with Gasteiger partial charge in [0.1, 0.15) is 5.75 Å². The van der Waals surface area contributed by atoms with E-state index < -0.39 is 6.03 Å². The number of ether oxygens (including phenoxy) is 1. The van der Waals surface area contributed by atoms with Crippen LogP contribution in [-0.2, 0) is 17.8 Å². The molecule has 150 valence electrons. The molecular weight excluding hydrogens is 374 g/mol. The molecule has 1 unspecified atom stereocenters. The molecule has 2 N–H and O–H groups in total. The number of nitrogens with one attached hydrogen (secondary N) is 2. The summed E-state index contributed by atoms with van der Waals surface area (Å²) in [4.78, 5) is 27.4. The Morgan fingerprint density at radius 3 is 2.64 bits per heavy atom. The minimum Gasteiger partial charge on any atom is -0.497 e. The molecule has 7 heteroatoms. The van der Waals surface area contributed by atoms with Crippen LogP contribution in [0.5, 0.6) is 5.75 Å². The van der Waals surface area contributed by atoms with E-state index in [1.807, 2.05) is 35.7 Å². The molecule has 2 aromatic rings. The molecule has 1 aromatic heterocycles. The molecule has 0 saturated heterocycles. The Morgan fingerprint density at radius 1 is 1.29 bits per heavy atom. The maximum Gasteiger partial charge on any atom is 0.321 e. The van der Waals surface area contributed by atoms with Gasteiger partial charge in [0.2, 0.25) is 5.91 Å². The Morgan fingerprint density at radius 2 is 2.04 bits per heavy atom. The number of imide groups is 1. The number of thiophene rings is 1. The smallest absolute Gasteiger partial charge is 0.321 e. The predicted octanol–water partition coefficient (Wildman–Crippen LogP) is 3.20. The maximum absolute atomic E-state index is 12.4. The van der Waals surface area contributed by atoms with Gasteiger partial charge in [0, 0.05) is 24.0 Å². The van der Waals surface area contributed by atoms with Crippen molar-refractivity contribution < 1.29 is 14.3 Å². The van der Waals surface area contributed by atoms with Crippen LogP contribution in [0.2, 0.25) is 0 Å². The number of nitrogens with zero attached hydrogens (tertiary/aromatic N) is 1. The number of amides is 3. The molecule has 0 radical (unpaired) electrons. The van der Waals surface area contributed by atoms with Crippen molar-refractivity contribution >= 4 is 23.3 Å². The highest BCUT2D eigenvalue weighted by Gasteiger charge is 2.20. The van der Waals surface area contributed by atoms with Crippen molar-refractivity contribution in [3.05, 3.63) is 64.9 Å². The highest BCUT2D eigenvalue weighted by Crippen LogP contribution is 2.18. The number of hydrogen-bond acceptors (Lipinski definition) is 5. The molecular formula is C21H27N3O3S. The second kappa shape index (κ2) is 11.3. The lowest BCUT2D eigenvalue weighted by Gasteiger charge is -2.28. The maximum atomic E-state index is 12.4. The molecule has 0 bridgehead atoms. The quantitative estimate of drug-likeness (QED) is 0.600. The van der Waals surface area contributed by atoms with Gasteiger partial charge in [-0.1, -0.05) is 24.3 Å². The van der Waals surface area contributed by atoms with Gasteiger partial charge < -0.3 is 10.1 Å². The average Bonchev–Trinajstić information content (AvgIpc) is 3.19. The van der Waals surface area contributed by atoms with E-state index in [-0.39, 0.29) is 18.5 Å². The van der Waals surface area contributed by atoms with E-state index in [0.29, 0.717) is 13.1 Å². The van der Waals surface area contributed by atoms with Crippen LogP contribution >= 0.6 is 11.3 Å². The molecule has 2 rings (SSSR count). The number of hydrogen-bond donors (Lipinski definition) is 2. The Labute approximate surface area is 170 Å². The third kappa shape index (κ3) is 7.17. The van der Waals surface area contributed by atoms with Crippen molar-refractivity contribution in [2.75, 3.05) is 20.2 Å². The van der Waals surface area contributed by atoms with Gasteiger partial charge in [0.15, 0.2) is 0 Å². The van der Waals surface area contributed by atoms with Gasteiger partial charge in [0.25, 0.3) is 0 Å². The predicted molar refractivity (Wildman–Crippen MR) is 113 cm³/mol. The van der Waals surface area contributed by atoms with Gasteiger partial charge in [-0.15, -0.1) is 17.9 Å². The monoisotopic (exact) mass is 401 g/mol. The Balaban J connectivity index is 2.04. The number of benzene rings is 1. The lowest BCUT2D eigenvalue weighted by Crippen LogP contribution is -2.46. The van der Waals surface area contributed by atoms with Crippen LogP contribution in [0.4, 0.5) is 4.79 Å². The molecule has 0 spiro atoms. The van der Waals surface area contributed by atoms with Gasteiger partial charge in [-0.25, -0.2) is 4.79 Å². The Kier molecular flexibility index (Phi) is 8.71. The zero-order valence-corrected chi connectivity index (χ0v) is 17.1. The van der Waals surface area contributed by atoms with E-state index >= 15 is 0 Å². The van der Waals surface area contributed by atoms with Crippen molar-refractivity contribution in [1.82, 2.24) is 15.5 Å². The van der Waals surface area contributed by atoms with E-state index in [0.717, 1.165) is 17.7 Å². The number of carbonyl (C=O) groups is 2. The lowest BCUT2D eigenvalue weighted by atomic mass is 10.1. The number of rotatable bonds is 10. The average molecular weight is 402 g/mol. The first-order chi connectivity index (χ1) is 13.5. The van der Waals surface area contributed by atoms with E-state index in [1.54, 1.807) is 24.5 Å². The molecule has 0 fully saturated rings. The van der Waals surface area contributed by atoms with Gasteiger partial charge in [-0.3, -0.25) is 15.0 Å². The molecule has 28 heavy (non-hydrogen) atoms. The normalized spacial score (nSPS) is 11.7. The van der Waals surface area contributed by atoms with Crippen LogP contribution in [0.15, 0.2) is 54.4 Å². The molecule has 0 aliphatic heterocycles. The highest BCUT2D eigenvalue weighted by molar-refractivity contribution is 7.09. The van der Waals surface area contributed by atoms with Crippen molar-refractivity contribution in [2.24, 2.45) is 0 Å². The summed E-state index contributed by atoms with van der Waals surface area (Å²) < 4.78 is 5.20. The largest absolute Gasteiger partial charge is 0.497 e. The van der Waals surface area contributed by atoms with Crippen molar-refractivity contribution in [3.63, 3.8) is 0 Å². The standard InChI is InChI=1S/C21H27N3O3S/c1-4-11-22-21(26)23-20(25)15-24(16(2)13-19-6-5-12-28-19)14-17-7-9-18(27-3)10-8-17/h4-10,12,16H,1,11,13-15H2,2-3H3,(H2,22,23,25,26). The van der Waals surface area contributed by atoms with Gasteiger partial charge in [-0.05, 0) is 42.5 Å². The summed E-state index contributed by atoms with van der Waals surface area (Å²) in [5, 5.41) is 6.96. The van der Waals surface area contributed by atoms with Crippen LogP contribution in [0.25, 0.3) is 0 Å². The molecule has 1 heterocycles. The van der Waals surface area contributed by atoms with Crippen LogP contribution in [0.1, 0.15) is 17.4 Å². The van der Waals surface area contributed by atoms with Crippen molar-refractivity contribution in [3.8, 4) is 5.75 Å². The Bertz CT molecular complexity index is 760. The van der Waals surface area contributed by atoms with Gasteiger partial charge >= 0.3 is 6.03 Å². The minimum absolute atomic E-state index is 0.125. The van der Waals surface area contributed by atoms with Crippen molar-refractivity contribution in [2.45, 2.75) is 25.9 Å². The fourth-order valence-corrected chi connectivity index (χ4v) is 3.57. The SMILES string of the molecule is C=CCNC(=O)NC(=O)CN(Cc1ccc(OC)cc1)C(C)Cc1cccs1. The summed E-state index contributed by atoms with van der Waals surface area (Å²) in [5.41, 5.74) is 1.07. The summed E-state index contributed by atoms with van der Waals surface area (Å²) in [7, 11) is 1.63. The second-order valence-corrected chi connectivity index (χ2v) is 7.46. The van der Waals surface area contributed by atoms with Gasteiger partial charge in [0.05, 0.1) is 13.7 Å². The Hall–Kier alpha value is -2.64. The van der Waals surface area contributed by atoms with Crippen LogP contribution in [0, 0.1) is 0 Å².